The highest BCUT2D eigenvalue weighted by molar-refractivity contribution is 9.10. The molecule has 0 radical (unpaired) electrons. The van der Waals surface area contributed by atoms with Crippen molar-refractivity contribution in [1.82, 2.24) is 9.97 Å². The highest BCUT2D eigenvalue weighted by Crippen LogP contribution is 2.24. The van der Waals surface area contributed by atoms with E-state index in [0.29, 0.717) is 11.0 Å². The van der Waals surface area contributed by atoms with Gasteiger partial charge in [-0.2, -0.15) is 8.78 Å². The zero-order valence-corrected chi connectivity index (χ0v) is 15.1. The second-order valence-electron chi connectivity index (χ2n) is 5.00. The Bertz CT molecular complexity index is 1160. The molecule has 26 heavy (non-hydrogen) atoms. The van der Waals surface area contributed by atoms with E-state index >= 15 is 0 Å². The maximum Gasteiger partial charge on any atom is 0.258 e. The van der Waals surface area contributed by atoms with Crippen LogP contribution in [0.3, 0.4) is 0 Å². The number of benzene rings is 1. The maximum absolute atomic E-state index is 13.6. The predicted molar refractivity (Wildman–Crippen MR) is 96.3 cm³/mol. The van der Waals surface area contributed by atoms with Crippen molar-refractivity contribution in [3.8, 4) is 5.75 Å². The molecule has 0 aliphatic heterocycles. The quantitative estimate of drug-likeness (QED) is 0.313. The van der Waals surface area contributed by atoms with Gasteiger partial charge in [-0.3, -0.25) is 4.79 Å². The van der Waals surface area contributed by atoms with Crippen molar-refractivity contribution >= 4 is 49.5 Å². The molecule has 0 unspecified atom stereocenters. The van der Waals surface area contributed by atoms with Crippen LogP contribution in [0.15, 0.2) is 56.3 Å². The summed E-state index contributed by atoms with van der Waals surface area (Å²) in [6, 6.07) is 8.91. The minimum atomic E-state index is -0.889. The summed E-state index contributed by atoms with van der Waals surface area (Å²) in [4.78, 5) is 18.8. The van der Waals surface area contributed by atoms with Crippen molar-refractivity contribution < 1.29 is 18.3 Å². The lowest BCUT2D eigenvalue weighted by molar-refractivity contribution is 0.419. The lowest BCUT2D eigenvalue weighted by Gasteiger charge is -2.02. The molecule has 5 nitrogen and oxygen atoms in total. The predicted octanol–water partition coefficient (Wildman–Crippen LogP) is 4.82. The molecule has 0 saturated heterocycles. The number of aromatic hydroxyl groups is 1. The van der Waals surface area contributed by atoms with Crippen LogP contribution in [0.5, 0.6) is 5.75 Å². The van der Waals surface area contributed by atoms with E-state index in [-0.39, 0.29) is 21.6 Å². The normalized spacial score (nSPS) is 10.6. The van der Waals surface area contributed by atoms with Gasteiger partial charge in [0.15, 0.2) is 11.3 Å². The van der Waals surface area contributed by atoms with Crippen LogP contribution in [-0.4, -0.2) is 15.1 Å². The van der Waals surface area contributed by atoms with E-state index in [1.807, 2.05) is 0 Å². The van der Waals surface area contributed by atoms with Crippen molar-refractivity contribution in [2.75, 3.05) is 0 Å². The fourth-order valence-corrected chi connectivity index (χ4v) is 2.68. The summed E-state index contributed by atoms with van der Waals surface area (Å²) in [6.45, 7) is 0. The average Bonchev–Trinajstić information content (AvgIpc) is 2.60. The minimum absolute atomic E-state index is 0.0816. The molecule has 0 saturated carbocycles. The fourth-order valence-electron chi connectivity index (χ4n) is 2.14. The Morgan fingerprint density at radius 1 is 1.12 bits per heavy atom. The van der Waals surface area contributed by atoms with Gasteiger partial charge in [-0.05, 0) is 36.4 Å². The molecule has 0 amide bonds. The Hall–Kier alpha value is -2.58. The molecule has 9 heteroatoms. The SMILES string of the molecule is O=c1c2cc(Br)ccc2oc2c(F)nc(Cl)cc12.Oc1cccnc1F. The number of hydrogen-bond donors (Lipinski definition) is 1. The Kier molecular flexibility index (Phi) is 5.15. The van der Waals surface area contributed by atoms with Crippen LogP contribution in [-0.2, 0) is 0 Å². The summed E-state index contributed by atoms with van der Waals surface area (Å²) in [5.41, 5.74) is -0.214. The van der Waals surface area contributed by atoms with Gasteiger partial charge in [0, 0.05) is 10.7 Å². The van der Waals surface area contributed by atoms with Gasteiger partial charge in [0.25, 0.3) is 11.9 Å². The van der Waals surface area contributed by atoms with Crippen LogP contribution in [0.4, 0.5) is 8.78 Å². The van der Waals surface area contributed by atoms with Crippen LogP contribution in [0, 0.1) is 11.9 Å². The van der Waals surface area contributed by atoms with Gasteiger partial charge in [-0.25, -0.2) is 9.97 Å². The van der Waals surface area contributed by atoms with Crippen LogP contribution >= 0.6 is 27.5 Å². The first-order valence-corrected chi connectivity index (χ1v) is 8.21. The number of nitrogens with zero attached hydrogens (tertiary/aromatic N) is 2. The summed E-state index contributed by atoms with van der Waals surface area (Å²) in [6.07, 6.45) is 1.27. The molecule has 4 rings (SSSR count). The molecule has 0 fully saturated rings. The van der Waals surface area contributed by atoms with Crippen LogP contribution in [0.25, 0.3) is 21.9 Å². The molecule has 0 atom stereocenters. The molecule has 4 aromatic rings. The lowest BCUT2D eigenvalue weighted by atomic mass is 10.2. The lowest BCUT2D eigenvalue weighted by Crippen LogP contribution is -2.04. The van der Waals surface area contributed by atoms with Crippen molar-refractivity contribution in [2.45, 2.75) is 0 Å². The van der Waals surface area contributed by atoms with Gasteiger partial charge in [0.2, 0.25) is 5.43 Å². The van der Waals surface area contributed by atoms with Crippen LogP contribution < -0.4 is 5.43 Å². The van der Waals surface area contributed by atoms with E-state index in [2.05, 4.69) is 25.9 Å². The third kappa shape index (κ3) is 3.66. The second-order valence-corrected chi connectivity index (χ2v) is 6.30. The highest BCUT2D eigenvalue weighted by Gasteiger charge is 2.13. The molecule has 0 spiro atoms. The largest absolute Gasteiger partial charge is 0.504 e. The molecule has 1 aromatic carbocycles. The summed E-state index contributed by atoms with van der Waals surface area (Å²) in [5.74, 6) is -2.13. The number of fused-ring (bicyclic) bond motifs is 2. The van der Waals surface area contributed by atoms with Gasteiger partial charge < -0.3 is 9.52 Å². The average molecular weight is 442 g/mol. The Labute approximate surface area is 158 Å². The van der Waals surface area contributed by atoms with Gasteiger partial charge in [-0.1, -0.05) is 27.5 Å². The number of halogens is 4. The Balaban J connectivity index is 0.000000206. The molecule has 132 valence electrons. The molecular formula is C17H8BrClF2N2O3. The molecule has 0 aliphatic rings. The van der Waals surface area contributed by atoms with Crippen molar-refractivity contribution in [1.29, 1.82) is 0 Å². The van der Waals surface area contributed by atoms with Crippen LogP contribution in [0.1, 0.15) is 0 Å². The molecule has 3 heterocycles. The monoisotopic (exact) mass is 440 g/mol. The van der Waals surface area contributed by atoms with E-state index in [0.717, 1.165) is 4.47 Å². The third-order valence-electron chi connectivity index (χ3n) is 3.28. The Morgan fingerprint density at radius 3 is 2.54 bits per heavy atom. The van der Waals surface area contributed by atoms with Crippen LogP contribution in [0.2, 0.25) is 5.15 Å². The van der Waals surface area contributed by atoms with E-state index in [4.69, 9.17) is 21.1 Å². The smallest absolute Gasteiger partial charge is 0.258 e. The van der Waals surface area contributed by atoms with Gasteiger partial charge >= 0.3 is 0 Å². The maximum atomic E-state index is 13.6. The molecule has 0 bridgehead atoms. The first-order chi connectivity index (χ1) is 12.4. The van der Waals surface area contributed by atoms with Crippen molar-refractivity contribution in [2.24, 2.45) is 0 Å². The molecule has 3 aromatic heterocycles. The van der Waals surface area contributed by atoms with E-state index in [1.165, 1.54) is 24.4 Å². The first kappa shape index (κ1) is 18.2. The van der Waals surface area contributed by atoms with Crippen molar-refractivity contribution in [3.05, 3.63) is 74.3 Å². The molecule has 1 N–H and O–H groups in total. The fraction of sp³-hybridized carbons (Fsp3) is 0. The third-order valence-corrected chi connectivity index (χ3v) is 3.97. The van der Waals surface area contributed by atoms with E-state index < -0.39 is 17.6 Å². The number of pyridine rings is 2. The van der Waals surface area contributed by atoms with Crippen molar-refractivity contribution in [3.63, 3.8) is 0 Å². The van der Waals surface area contributed by atoms with Gasteiger partial charge in [0.05, 0.1) is 10.8 Å². The first-order valence-electron chi connectivity index (χ1n) is 7.04. The Morgan fingerprint density at radius 2 is 1.88 bits per heavy atom. The summed E-state index contributed by atoms with van der Waals surface area (Å²) in [5, 5.41) is 8.84. The second kappa shape index (κ2) is 7.35. The number of aromatic nitrogens is 2. The van der Waals surface area contributed by atoms with E-state index in [1.54, 1.807) is 18.2 Å². The highest BCUT2D eigenvalue weighted by atomic mass is 79.9. The summed E-state index contributed by atoms with van der Waals surface area (Å²) in [7, 11) is 0. The van der Waals surface area contributed by atoms with Gasteiger partial charge in [0.1, 0.15) is 10.7 Å². The summed E-state index contributed by atoms with van der Waals surface area (Å²) >= 11 is 8.90. The molecular weight excluding hydrogens is 434 g/mol. The zero-order valence-electron chi connectivity index (χ0n) is 12.7. The van der Waals surface area contributed by atoms with Gasteiger partial charge in [-0.15, -0.1) is 0 Å². The minimum Gasteiger partial charge on any atom is -0.504 e. The van der Waals surface area contributed by atoms with E-state index in [9.17, 15) is 13.6 Å². The number of rotatable bonds is 0. The summed E-state index contributed by atoms with van der Waals surface area (Å²) < 4.78 is 31.6. The standard InChI is InChI=1S/C12H4BrClFNO2.C5H4FNO/c13-5-1-2-8-6(3-5)10(17)7-4-9(14)16-12(15)11(7)18-8;6-5-4(8)2-1-3-7-5/h1-4H;1-3,8H. The zero-order chi connectivity index (χ0) is 18.8. The number of hydrogen-bond acceptors (Lipinski definition) is 5. The molecule has 0 aliphatic carbocycles. The topological polar surface area (TPSA) is 76.2 Å².